The lowest BCUT2D eigenvalue weighted by atomic mass is 9.99. The van der Waals surface area contributed by atoms with Crippen LogP contribution >= 0.6 is 0 Å². The molecule has 0 radical (unpaired) electrons. The molecule has 2 atom stereocenters. The molecule has 10 heteroatoms. The molecule has 0 spiro atoms. The Labute approximate surface area is 187 Å². The fourth-order valence-corrected chi connectivity index (χ4v) is 3.75. The number of nitrogens with zero attached hydrogens (tertiary/aromatic N) is 2. The van der Waals surface area contributed by atoms with Crippen LogP contribution in [0.25, 0.3) is 22.2 Å². The largest absolute Gasteiger partial charge is 0.419 e. The first-order valence-electron chi connectivity index (χ1n) is 10.5. The molecule has 0 aliphatic carbocycles. The van der Waals surface area contributed by atoms with E-state index in [0.717, 1.165) is 25.1 Å². The van der Waals surface area contributed by atoms with E-state index in [4.69, 9.17) is 9.15 Å². The number of hydrogen-bond acceptors (Lipinski definition) is 6. The Bertz CT molecular complexity index is 1260. The van der Waals surface area contributed by atoms with Gasteiger partial charge in [0, 0.05) is 32.2 Å². The van der Waals surface area contributed by atoms with Gasteiger partial charge in [0.05, 0.1) is 11.6 Å². The van der Waals surface area contributed by atoms with E-state index in [1.54, 1.807) is 18.2 Å². The summed E-state index contributed by atoms with van der Waals surface area (Å²) in [6, 6.07) is 7.83. The van der Waals surface area contributed by atoms with Crippen LogP contribution < -0.4 is 16.4 Å². The van der Waals surface area contributed by atoms with E-state index in [1.807, 2.05) is 6.07 Å². The van der Waals surface area contributed by atoms with Gasteiger partial charge in [0.1, 0.15) is 23.8 Å². The molecule has 2 heterocycles. The highest BCUT2D eigenvalue weighted by Crippen LogP contribution is 2.28. The molecular weight excluding hydrogens is 434 g/mol. The van der Waals surface area contributed by atoms with E-state index in [-0.39, 0.29) is 17.5 Å². The lowest BCUT2D eigenvalue weighted by Gasteiger charge is -2.18. The molecule has 0 saturated carbocycles. The third-order valence-electron chi connectivity index (χ3n) is 5.59. The zero-order valence-electron chi connectivity index (χ0n) is 17.9. The van der Waals surface area contributed by atoms with Crippen LogP contribution in [0.3, 0.4) is 0 Å². The lowest BCUT2D eigenvalue weighted by molar-refractivity contribution is -0.132. The first kappa shape index (κ1) is 22.6. The van der Waals surface area contributed by atoms with Crippen molar-refractivity contribution in [3.63, 3.8) is 0 Å². The van der Waals surface area contributed by atoms with Gasteiger partial charge in [-0.15, -0.1) is 0 Å². The number of hydrogen-bond donors (Lipinski definition) is 2. The van der Waals surface area contributed by atoms with E-state index in [9.17, 15) is 23.6 Å². The molecule has 1 aromatic heterocycles. The summed E-state index contributed by atoms with van der Waals surface area (Å²) in [7, 11) is 1.54. The monoisotopic (exact) mass is 456 g/mol. The predicted molar refractivity (Wildman–Crippen MR) is 115 cm³/mol. The molecule has 4 rings (SSSR count). The third-order valence-corrected chi connectivity index (χ3v) is 5.59. The Morgan fingerprint density at radius 3 is 2.79 bits per heavy atom. The Hall–Kier alpha value is -3.55. The van der Waals surface area contributed by atoms with Gasteiger partial charge < -0.3 is 19.8 Å². The average molecular weight is 456 g/mol. The SMILES string of the molecule is Cn1c(=O)oc2ccc(-c3cc(F)c(CC(C#N)NC(=O)C4CNCCCO4)c(F)c3)cc21. The molecule has 1 amide bonds. The molecule has 2 aromatic carbocycles. The second-order valence-corrected chi connectivity index (χ2v) is 7.84. The smallest absolute Gasteiger partial charge is 0.408 e. The van der Waals surface area contributed by atoms with E-state index in [2.05, 4.69) is 10.6 Å². The number of benzene rings is 2. The molecule has 8 nitrogen and oxygen atoms in total. The van der Waals surface area contributed by atoms with Crippen LogP contribution in [0.4, 0.5) is 8.78 Å². The summed E-state index contributed by atoms with van der Waals surface area (Å²) >= 11 is 0. The van der Waals surface area contributed by atoms with Crippen molar-refractivity contribution in [3.05, 3.63) is 58.1 Å². The minimum absolute atomic E-state index is 0.264. The van der Waals surface area contributed by atoms with Crippen molar-refractivity contribution >= 4 is 17.0 Å². The molecule has 2 N–H and O–H groups in total. The Kier molecular flexibility index (Phi) is 6.53. The number of carbonyl (C=O) groups is 1. The number of nitriles is 1. The van der Waals surface area contributed by atoms with Gasteiger partial charge in [-0.25, -0.2) is 13.6 Å². The van der Waals surface area contributed by atoms with Crippen molar-refractivity contribution in [3.8, 4) is 17.2 Å². The van der Waals surface area contributed by atoms with Crippen molar-refractivity contribution in [2.45, 2.75) is 25.0 Å². The summed E-state index contributed by atoms with van der Waals surface area (Å²) in [5, 5.41) is 15.0. The normalized spacial score (nSPS) is 17.3. The van der Waals surface area contributed by atoms with Crippen molar-refractivity contribution in [1.82, 2.24) is 15.2 Å². The number of amides is 1. The van der Waals surface area contributed by atoms with Crippen LogP contribution in [0.1, 0.15) is 12.0 Å². The highest BCUT2D eigenvalue weighted by Gasteiger charge is 2.25. The zero-order valence-corrected chi connectivity index (χ0v) is 17.9. The second-order valence-electron chi connectivity index (χ2n) is 7.84. The predicted octanol–water partition coefficient (Wildman–Crippen LogP) is 2.01. The van der Waals surface area contributed by atoms with E-state index in [1.165, 1.54) is 11.6 Å². The van der Waals surface area contributed by atoms with Gasteiger partial charge in [0.2, 0.25) is 0 Å². The number of carbonyl (C=O) groups excluding carboxylic acids is 1. The van der Waals surface area contributed by atoms with Crippen LogP contribution in [0.2, 0.25) is 0 Å². The van der Waals surface area contributed by atoms with Gasteiger partial charge in [-0.05, 0) is 48.4 Å². The molecule has 33 heavy (non-hydrogen) atoms. The Balaban J connectivity index is 1.54. The van der Waals surface area contributed by atoms with Gasteiger partial charge in [-0.1, -0.05) is 6.07 Å². The average Bonchev–Trinajstić information content (AvgIpc) is 2.98. The van der Waals surface area contributed by atoms with Gasteiger partial charge >= 0.3 is 5.76 Å². The quantitative estimate of drug-likeness (QED) is 0.608. The van der Waals surface area contributed by atoms with Gasteiger partial charge in [-0.3, -0.25) is 9.36 Å². The van der Waals surface area contributed by atoms with Crippen molar-refractivity contribution in [1.29, 1.82) is 5.26 Å². The molecule has 2 unspecified atom stereocenters. The number of ether oxygens (including phenoxy) is 1. The van der Waals surface area contributed by atoms with Crippen molar-refractivity contribution in [2.24, 2.45) is 7.05 Å². The number of nitrogens with one attached hydrogen (secondary N) is 2. The van der Waals surface area contributed by atoms with Crippen molar-refractivity contribution < 1.29 is 22.7 Å². The summed E-state index contributed by atoms with van der Waals surface area (Å²) in [5.74, 6) is -2.72. The number of aryl methyl sites for hydroxylation is 1. The lowest BCUT2D eigenvalue weighted by Crippen LogP contribution is -2.46. The van der Waals surface area contributed by atoms with Crippen LogP contribution in [0.15, 0.2) is 39.5 Å². The van der Waals surface area contributed by atoms with Gasteiger partial charge in [0.15, 0.2) is 5.58 Å². The summed E-state index contributed by atoms with van der Waals surface area (Å²) in [5.41, 5.74) is 1.31. The number of rotatable bonds is 5. The zero-order chi connectivity index (χ0) is 23.5. The highest BCUT2D eigenvalue weighted by atomic mass is 19.1. The maximum Gasteiger partial charge on any atom is 0.419 e. The second kappa shape index (κ2) is 9.52. The summed E-state index contributed by atoms with van der Waals surface area (Å²) in [6.45, 7) is 1.43. The highest BCUT2D eigenvalue weighted by molar-refractivity contribution is 5.82. The van der Waals surface area contributed by atoms with Crippen LogP contribution in [-0.2, 0) is 23.0 Å². The maximum atomic E-state index is 14.9. The number of oxazole rings is 1. The molecule has 1 aliphatic rings. The summed E-state index contributed by atoms with van der Waals surface area (Å²) < 4.78 is 41.6. The third kappa shape index (κ3) is 4.79. The number of fused-ring (bicyclic) bond motifs is 1. The van der Waals surface area contributed by atoms with Crippen molar-refractivity contribution in [2.75, 3.05) is 19.7 Å². The molecule has 172 valence electrons. The Morgan fingerprint density at radius 2 is 2.06 bits per heavy atom. The van der Waals surface area contributed by atoms with E-state index in [0.29, 0.717) is 29.8 Å². The molecule has 1 saturated heterocycles. The van der Waals surface area contributed by atoms with Gasteiger partial charge in [0.25, 0.3) is 5.91 Å². The molecular formula is C23H22F2N4O4. The summed E-state index contributed by atoms with van der Waals surface area (Å²) in [6.07, 6.45) is -0.345. The number of halogens is 2. The molecule has 0 bridgehead atoms. The first-order valence-corrected chi connectivity index (χ1v) is 10.5. The topological polar surface area (TPSA) is 109 Å². The fraction of sp³-hybridized carbons (Fsp3) is 0.348. The summed E-state index contributed by atoms with van der Waals surface area (Å²) in [4.78, 5) is 24.1. The molecule has 3 aromatic rings. The van der Waals surface area contributed by atoms with Crippen LogP contribution in [0, 0.1) is 23.0 Å². The first-order chi connectivity index (χ1) is 15.9. The Morgan fingerprint density at radius 1 is 1.30 bits per heavy atom. The molecule has 1 fully saturated rings. The maximum absolute atomic E-state index is 14.9. The van der Waals surface area contributed by atoms with Crippen LogP contribution in [-0.4, -0.2) is 42.3 Å². The fourth-order valence-electron chi connectivity index (χ4n) is 3.75. The minimum atomic E-state index is -1.13. The van der Waals surface area contributed by atoms with Gasteiger partial charge in [-0.2, -0.15) is 5.26 Å². The number of aromatic nitrogens is 1. The molecule has 1 aliphatic heterocycles. The standard InChI is InChI=1S/C23H22F2N4O4/c1-29-19-9-13(3-4-20(19)33-23(29)31)14-7-17(24)16(18(25)8-14)10-15(11-26)28-22(30)21-12-27-5-2-6-32-21/h3-4,7-9,15,21,27H,2,5-6,10,12H2,1H3,(H,28,30). The van der Waals surface area contributed by atoms with E-state index < -0.39 is 35.4 Å². The van der Waals surface area contributed by atoms with E-state index >= 15 is 0 Å². The van der Waals surface area contributed by atoms with Crippen LogP contribution in [0.5, 0.6) is 0 Å². The minimum Gasteiger partial charge on any atom is -0.408 e.